The zero-order valence-corrected chi connectivity index (χ0v) is 26.3. The molecule has 7 nitrogen and oxygen atoms in total. The Morgan fingerprint density at radius 2 is 1.76 bits per heavy atom. The van der Waals surface area contributed by atoms with E-state index in [4.69, 9.17) is 4.74 Å². The highest BCUT2D eigenvalue weighted by molar-refractivity contribution is 5.95. The first kappa shape index (κ1) is 31.6. The quantitative estimate of drug-likeness (QED) is 0.280. The Hall–Kier alpha value is -3.40. The van der Waals surface area contributed by atoms with Crippen LogP contribution in [0.1, 0.15) is 88.3 Å². The molecule has 0 radical (unpaired) electrons. The Morgan fingerprint density at radius 3 is 2.38 bits per heavy atom. The average molecular weight is 625 g/mol. The maximum Gasteiger partial charge on any atom is 0.410 e. The van der Waals surface area contributed by atoms with Crippen LogP contribution in [0.3, 0.4) is 0 Å². The number of rotatable bonds is 8. The fourth-order valence-corrected chi connectivity index (χ4v) is 7.89. The van der Waals surface area contributed by atoms with Gasteiger partial charge in [-0.3, -0.25) is 14.4 Å². The van der Waals surface area contributed by atoms with Crippen molar-refractivity contribution in [2.24, 2.45) is 11.3 Å². The number of carbonyl (C=O) groups excluding carboxylic acids is 1. The van der Waals surface area contributed by atoms with E-state index < -0.39 is 12.2 Å². The van der Waals surface area contributed by atoms with Crippen LogP contribution in [0.25, 0.3) is 11.1 Å². The fraction of sp³-hybridized carbons (Fsp3) is 0.571. The third-order valence-corrected chi connectivity index (χ3v) is 11.0. The number of benzene rings is 1. The number of ether oxygens (including phenoxy) is 1. The highest BCUT2D eigenvalue weighted by Gasteiger charge is 2.51. The minimum Gasteiger partial charge on any atom is -0.496 e. The maximum absolute atomic E-state index is 14.2. The van der Waals surface area contributed by atoms with Gasteiger partial charge < -0.3 is 9.84 Å². The number of fused-ring (bicyclic) bond motifs is 3. The summed E-state index contributed by atoms with van der Waals surface area (Å²) in [6.45, 7) is 3.73. The first-order valence-electron chi connectivity index (χ1n) is 16.1. The second-order valence-corrected chi connectivity index (χ2v) is 13.7. The lowest BCUT2D eigenvalue weighted by Gasteiger charge is -2.55. The lowest BCUT2D eigenvalue weighted by Crippen LogP contribution is -2.52. The number of aromatic nitrogens is 3. The molecule has 3 aromatic rings. The van der Waals surface area contributed by atoms with E-state index in [1.54, 1.807) is 19.4 Å². The number of carbonyl (C=O) groups is 1. The fourth-order valence-electron chi connectivity index (χ4n) is 7.89. The molecule has 1 N–H and O–H groups in total. The zero-order valence-electron chi connectivity index (χ0n) is 26.3. The topological polar surface area (TPSA) is 80.5 Å². The van der Waals surface area contributed by atoms with E-state index in [9.17, 15) is 23.1 Å². The molecule has 4 aliphatic rings. The van der Waals surface area contributed by atoms with Gasteiger partial charge in [-0.25, -0.2) is 4.98 Å². The van der Waals surface area contributed by atoms with Crippen molar-refractivity contribution in [2.75, 3.05) is 18.6 Å². The van der Waals surface area contributed by atoms with Crippen molar-refractivity contribution < 1.29 is 27.8 Å². The molecular formula is C35H43F3N4O3. The molecule has 1 amide bonds. The molecule has 0 saturated heterocycles. The van der Waals surface area contributed by atoms with E-state index >= 15 is 0 Å². The summed E-state index contributed by atoms with van der Waals surface area (Å²) < 4.78 is 46.4. The first-order valence-corrected chi connectivity index (χ1v) is 16.1. The van der Waals surface area contributed by atoms with Crippen molar-refractivity contribution in [1.29, 1.82) is 0 Å². The summed E-state index contributed by atoms with van der Waals surface area (Å²) in [6, 6.07) is 8.36. The second-order valence-electron chi connectivity index (χ2n) is 13.7. The molecule has 242 valence electrons. The number of halogens is 3. The second kappa shape index (κ2) is 12.1. The smallest absolute Gasteiger partial charge is 0.410 e. The van der Waals surface area contributed by atoms with Crippen LogP contribution in [-0.4, -0.2) is 51.7 Å². The summed E-state index contributed by atoms with van der Waals surface area (Å²) >= 11 is 0. The molecule has 2 bridgehead atoms. The molecule has 0 aliphatic heterocycles. The number of anilines is 1. The Balaban J connectivity index is 1.27. The van der Waals surface area contributed by atoms with E-state index in [1.165, 1.54) is 18.0 Å². The van der Waals surface area contributed by atoms with Gasteiger partial charge in [-0.05, 0) is 124 Å². The molecule has 2 heterocycles. The summed E-state index contributed by atoms with van der Waals surface area (Å²) in [6.07, 6.45) is 8.32. The first-order chi connectivity index (χ1) is 21.4. The van der Waals surface area contributed by atoms with Crippen molar-refractivity contribution in [3.05, 3.63) is 60.0 Å². The van der Waals surface area contributed by atoms with E-state index in [0.717, 1.165) is 61.4 Å². The summed E-state index contributed by atoms with van der Waals surface area (Å²) in [4.78, 5) is 20.7. The molecule has 4 fully saturated rings. The number of aliphatic hydroxyl groups excluding tert-OH is 1. The summed E-state index contributed by atoms with van der Waals surface area (Å²) in [5.74, 6) is 1.25. The minimum absolute atomic E-state index is 0.0236. The standard InChI is InChI=1S/C35H43F3N4O3/c1-23-18-28(6-9-30(23)45-3)34-14-11-33(12-15-34,13-16-34)22-41(32(44)25-4-7-29(43)8-5-25)31-19-26(10-17-39-31)27-20-40-42(21-27)24(2)35(36,37)38/h6,9-10,17-21,24-25,29,43H,4-5,7-8,11-16,22H2,1-3H3. The highest BCUT2D eigenvalue weighted by Crippen LogP contribution is 2.58. The van der Waals surface area contributed by atoms with E-state index in [0.29, 0.717) is 49.2 Å². The van der Waals surface area contributed by atoms with Crippen LogP contribution in [0.2, 0.25) is 0 Å². The molecule has 1 unspecified atom stereocenters. The molecule has 45 heavy (non-hydrogen) atoms. The van der Waals surface area contributed by atoms with Gasteiger partial charge in [0.1, 0.15) is 17.6 Å². The Kier molecular flexibility index (Phi) is 8.48. The largest absolute Gasteiger partial charge is 0.496 e. The normalized spacial score (nSPS) is 27.3. The summed E-state index contributed by atoms with van der Waals surface area (Å²) in [5, 5.41) is 14.1. The number of nitrogens with zero attached hydrogens (tertiary/aromatic N) is 4. The zero-order chi connectivity index (χ0) is 32.0. The molecule has 0 spiro atoms. The van der Waals surface area contributed by atoms with Crippen molar-refractivity contribution >= 4 is 11.7 Å². The van der Waals surface area contributed by atoms with Crippen LogP contribution in [0.15, 0.2) is 48.9 Å². The van der Waals surface area contributed by atoms with Gasteiger partial charge in [-0.2, -0.15) is 18.3 Å². The molecule has 1 aromatic carbocycles. The van der Waals surface area contributed by atoms with Gasteiger partial charge in [0.2, 0.25) is 5.91 Å². The van der Waals surface area contributed by atoms with Gasteiger partial charge in [0.25, 0.3) is 0 Å². The van der Waals surface area contributed by atoms with Gasteiger partial charge >= 0.3 is 6.18 Å². The van der Waals surface area contributed by atoms with Gasteiger partial charge in [0.15, 0.2) is 0 Å². The van der Waals surface area contributed by atoms with E-state index in [1.807, 2.05) is 11.0 Å². The van der Waals surface area contributed by atoms with Crippen molar-refractivity contribution in [2.45, 2.75) is 102 Å². The lowest BCUT2D eigenvalue weighted by molar-refractivity contribution is -0.165. The van der Waals surface area contributed by atoms with Crippen LogP contribution in [0, 0.1) is 18.3 Å². The summed E-state index contributed by atoms with van der Waals surface area (Å²) in [7, 11) is 1.70. The summed E-state index contributed by atoms with van der Waals surface area (Å²) in [5.41, 5.74) is 3.83. The lowest BCUT2D eigenvalue weighted by atomic mass is 9.51. The number of alkyl halides is 3. The van der Waals surface area contributed by atoms with Crippen LogP contribution in [0.4, 0.5) is 19.0 Å². The van der Waals surface area contributed by atoms with Gasteiger partial charge in [-0.1, -0.05) is 12.1 Å². The number of methoxy groups -OCH3 is 1. The van der Waals surface area contributed by atoms with Crippen molar-refractivity contribution in [3.63, 3.8) is 0 Å². The molecule has 1 atom stereocenters. The van der Waals surface area contributed by atoms with Crippen LogP contribution in [0.5, 0.6) is 5.75 Å². The number of hydrogen-bond acceptors (Lipinski definition) is 5. The molecule has 4 saturated carbocycles. The van der Waals surface area contributed by atoms with Crippen molar-refractivity contribution in [1.82, 2.24) is 14.8 Å². The van der Waals surface area contributed by atoms with Crippen molar-refractivity contribution in [3.8, 4) is 16.9 Å². The van der Waals surface area contributed by atoms with Gasteiger partial charge in [-0.15, -0.1) is 0 Å². The number of amides is 1. The maximum atomic E-state index is 14.2. The van der Waals surface area contributed by atoms with Crippen LogP contribution < -0.4 is 9.64 Å². The Bertz CT molecular complexity index is 1500. The Labute approximate surface area is 262 Å². The number of aliphatic hydroxyl groups is 1. The Morgan fingerprint density at radius 1 is 1.07 bits per heavy atom. The predicted octanol–water partition coefficient (Wildman–Crippen LogP) is 7.56. The molecular weight excluding hydrogens is 581 g/mol. The third kappa shape index (κ3) is 6.22. The monoisotopic (exact) mass is 624 g/mol. The van der Waals surface area contributed by atoms with E-state index in [-0.39, 0.29) is 28.8 Å². The van der Waals surface area contributed by atoms with Crippen LogP contribution in [-0.2, 0) is 10.2 Å². The average Bonchev–Trinajstić information content (AvgIpc) is 3.54. The van der Waals surface area contributed by atoms with Gasteiger partial charge in [0, 0.05) is 30.4 Å². The number of pyridine rings is 1. The highest BCUT2D eigenvalue weighted by atomic mass is 19.4. The van der Waals surface area contributed by atoms with Gasteiger partial charge in [0.05, 0.1) is 19.4 Å². The third-order valence-electron chi connectivity index (χ3n) is 11.0. The predicted molar refractivity (Wildman–Crippen MR) is 166 cm³/mol. The number of hydrogen-bond donors (Lipinski definition) is 1. The molecule has 10 heteroatoms. The molecule has 2 aromatic heterocycles. The molecule has 7 rings (SSSR count). The van der Waals surface area contributed by atoms with E-state index in [2.05, 4.69) is 35.2 Å². The minimum atomic E-state index is -4.41. The number of aryl methyl sites for hydroxylation is 1. The van der Waals surface area contributed by atoms with Crippen LogP contribution >= 0.6 is 0 Å². The molecule has 4 aliphatic carbocycles. The SMILES string of the molecule is COc1ccc(C23CCC(CN(C(=O)C4CCC(O)CC4)c4cc(-c5cnn(C(C)C(F)(F)F)c5)ccn4)(CC2)CC3)cc1C.